The summed E-state index contributed by atoms with van der Waals surface area (Å²) in [5.74, 6) is -0.889. The Hall–Kier alpha value is -0.920. The van der Waals surface area contributed by atoms with E-state index in [1.54, 1.807) is 13.0 Å². The summed E-state index contributed by atoms with van der Waals surface area (Å²) in [4.78, 5) is 13.6. The van der Waals surface area contributed by atoms with Crippen molar-refractivity contribution < 1.29 is 18.3 Å². The first-order chi connectivity index (χ1) is 9.73. The lowest BCUT2D eigenvalue weighted by molar-refractivity contribution is -0.148. The second kappa shape index (κ2) is 5.70. The maximum atomic E-state index is 12.7. The molecule has 1 fully saturated rings. The molecule has 1 aromatic heterocycles. The molecule has 0 spiro atoms. The Balaban J connectivity index is 2.32. The summed E-state index contributed by atoms with van der Waals surface area (Å²) in [6.07, 6.45) is 1.63. The summed E-state index contributed by atoms with van der Waals surface area (Å²) >= 11 is 1.45. The van der Waals surface area contributed by atoms with E-state index in [0.29, 0.717) is 17.7 Å². The van der Waals surface area contributed by atoms with Crippen LogP contribution in [0.4, 0.5) is 0 Å². The zero-order chi connectivity index (χ0) is 15.8. The number of carboxylic acids is 1. The molecule has 0 bridgehead atoms. The van der Waals surface area contributed by atoms with Crippen molar-refractivity contribution in [3.63, 3.8) is 0 Å². The normalized spacial score (nSPS) is 23.6. The first-order valence-electron chi connectivity index (χ1n) is 7.03. The van der Waals surface area contributed by atoms with E-state index in [0.717, 1.165) is 16.2 Å². The zero-order valence-corrected chi connectivity index (χ0v) is 14.2. The van der Waals surface area contributed by atoms with E-state index < -0.39 is 21.4 Å². The Bertz CT molecular complexity index is 650. The van der Waals surface area contributed by atoms with E-state index in [9.17, 15) is 18.3 Å². The van der Waals surface area contributed by atoms with Crippen molar-refractivity contribution in [1.82, 2.24) is 4.31 Å². The Morgan fingerprint density at radius 3 is 2.62 bits per heavy atom. The van der Waals surface area contributed by atoms with E-state index in [2.05, 4.69) is 0 Å². The van der Waals surface area contributed by atoms with Crippen LogP contribution in [0, 0.1) is 19.3 Å². The highest BCUT2D eigenvalue weighted by molar-refractivity contribution is 7.89. The fourth-order valence-corrected chi connectivity index (χ4v) is 6.06. The minimum absolute atomic E-state index is 0.0762. The van der Waals surface area contributed by atoms with Gasteiger partial charge in [0.15, 0.2) is 0 Å². The topological polar surface area (TPSA) is 74.7 Å². The van der Waals surface area contributed by atoms with E-state index in [1.165, 1.54) is 15.6 Å². The molecule has 0 saturated carbocycles. The van der Waals surface area contributed by atoms with Gasteiger partial charge in [-0.25, -0.2) is 8.42 Å². The third-order valence-corrected chi connectivity index (χ3v) is 7.18. The molecular formula is C14H21NO4S2. The standard InChI is InChI=1S/C14H21NO4S2/c1-4-5-14(13(16)17)6-7-15(9-14)21(18,19)12-8-10(2)20-11(12)3/h8H,4-7,9H2,1-3H3,(H,16,17). The number of aryl methyl sites for hydroxylation is 2. The van der Waals surface area contributed by atoms with Crippen LogP contribution in [0.2, 0.25) is 0 Å². The van der Waals surface area contributed by atoms with Crippen LogP contribution >= 0.6 is 11.3 Å². The van der Waals surface area contributed by atoms with Crippen LogP contribution in [0.3, 0.4) is 0 Å². The zero-order valence-electron chi connectivity index (χ0n) is 12.5. The largest absolute Gasteiger partial charge is 0.481 e. The Morgan fingerprint density at radius 2 is 2.14 bits per heavy atom. The lowest BCUT2D eigenvalue weighted by Crippen LogP contribution is -2.37. The van der Waals surface area contributed by atoms with Gasteiger partial charge in [0.25, 0.3) is 0 Å². The summed E-state index contributed by atoms with van der Waals surface area (Å²) in [6, 6.07) is 1.68. The summed E-state index contributed by atoms with van der Waals surface area (Å²) in [5.41, 5.74) is -0.930. The Morgan fingerprint density at radius 1 is 1.48 bits per heavy atom. The van der Waals surface area contributed by atoms with Gasteiger partial charge in [-0.2, -0.15) is 4.31 Å². The quantitative estimate of drug-likeness (QED) is 0.900. The molecular weight excluding hydrogens is 310 g/mol. The third-order valence-electron chi connectivity index (χ3n) is 4.11. The Labute approximate surface area is 129 Å². The first-order valence-corrected chi connectivity index (χ1v) is 9.29. The van der Waals surface area contributed by atoms with Crippen molar-refractivity contribution in [2.24, 2.45) is 5.41 Å². The monoisotopic (exact) mass is 331 g/mol. The van der Waals surface area contributed by atoms with Crippen LogP contribution in [0.1, 0.15) is 35.9 Å². The van der Waals surface area contributed by atoms with E-state index in [-0.39, 0.29) is 13.1 Å². The van der Waals surface area contributed by atoms with Gasteiger partial charge in [-0.05, 0) is 32.8 Å². The number of carboxylic acid groups (broad SMARTS) is 1. The van der Waals surface area contributed by atoms with Crippen molar-refractivity contribution in [2.75, 3.05) is 13.1 Å². The van der Waals surface area contributed by atoms with Gasteiger partial charge in [0.05, 0.1) is 10.3 Å². The van der Waals surface area contributed by atoms with Crippen molar-refractivity contribution in [1.29, 1.82) is 0 Å². The van der Waals surface area contributed by atoms with Crippen molar-refractivity contribution in [3.8, 4) is 0 Å². The van der Waals surface area contributed by atoms with Crippen LogP contribution in [-0.4, -0.2) is 36.9 Å². The summed E-state index contributed by atoms with van der Waals surface area (Å²) < 4.78 is 26.8. The molecule has 1 aliphatic rings. The molecule has 1 atom stereocenters. The average molecular weight is 331 g/mol. The Kier molecular flexibility index (Phi) is 4.46. The number of carbonyl (C=O) groups is 1. The van der Waals surface area contributed by atoms with Gasteiger partial charge in [-0.15, -0.1) is 11.3 Å². The molecule has 1 aliphatic heterocycles. The second-order valence-corrected chi connectivity index (χ2v) is 9.07. The molecule has 2 rings (SSSR count). The number of nitrogens with zero attached hydrogens (tertiary/aromatic N) is 1. The van der Waals surface area contributed by atoms with E-state index in [1.807, 2.05) is 13.8 Å². The second-order valence-electron chi connectivity index (χ2n) is 5.70. The van der Waals surface area contributed by atoms with Crippen LogP contribution < -0.4 is 0 Å². The van der Waals surface area contributed by atoms with Crippen molar-refractivity contribution in [3.05, 3.63) is 15.8 Å². The van der Waals surface area contributed by atoms with Gasteiger partial charge < -0.3 is 5.11 Å². The molecule has 0 aromatic carbocycles. The summed E-state index contributed by atoms with van der Waals surface area (Å²) in [5, 5.41) is 9.49. The SMILES string of the molecule is CCCC1(C(=O)O)CCN(S(=O)(=O)c2cc(C)sc2C)C1. The molecule has 0 radical (unpaired) electrons. The van der Waals surface area contributed by atoms with E-state index in [4.69, 9.17) is 0 Å². The number of rotatable bonds is 5. The molecule has 1 N–H and O–H groups in total. The molecule has 118 valence electrons. The number of hydrogen-bond acceptors (Lipinski definition) is 4. The number of sulfonamides is 1. The lowest BCUT2D eigenvalue weighted by Gasteiger charge is -2.24. The highest BCUT2D eigenvalue weighted by Gasteiger charge is 2.48. The van der Waals surface area contributed by atoms with Gasteiger partial charge in [0, 0.05) is 22.8 Å². The third kappa shape index (κ3) is 2.86. The molecule has 7 heteroatoms. The predicted molar refractivity (Wildman–Crippen MR) is 82.1 cm³/mol. The highest BCUT2D eigenvalue weighted by atomic mass is 32.2. The predicted octanol–water partition coefficient (Wildman–Crippen LogP) is 2.63. The average Bonchev–Trinajstić information content (AvgIpc) is 2.95. The molecule has 1 aromatic rings. The van der Waals surface area contributed by atoms with Crippen LogP contribution in [0.25, 0.3) is 0 Å². The van der Waals surface area contributed by atoms with E-state index >= 15 is 0 Å². The number of aliphatic carboxylic acids is 1. The molecule has 1 saturated heterocycles. The van der Waals surface area contributed by atoms with Crippen molar-refractivity contribution >= 4 is 27.3 Å². The summed E-state index contributed by atoms with van der Waals surface area (Å²) in [7, 11) is -3.59. The van der Waals surface area contributed by atoms with Gasteiger partial charge in [-0.3, -0.25) is 4.79 Å². The molecule has 2 heterocycles. The smallest absolute Gasteiger partial charge is 0.311 e. The van der Waals surface area contributed by atoms with Gasteiger partial charge >= 0.3 is 5.97 Å². The maximum absolute atomic E-state index is 12.7. The van der Waals surface area contributed by atoms with Gasteiger partial charge in [0.1, 0.15) is 0 Å². The summed E-state index contributed by atoms with van der Waals surface area (Å²) in [6.45, 7) is 5.94. The fourth-order valence-electron chi connectivity index (χ4n) is 3.01. The molecule has 1 unspecified atom stereocenters. The van der Waals surface area contributed by atoms with Crippen LogP contribution in [0.15, 0.2) is 11.0 Å². The van der Waals surface area contributed by atoms with Gasteiger partial charge in [0.2, 0.25) is 10.0 Å². The van der Waals surface area contributed by atoms with Gasteiger partial charge in [-0.1, -0.05) is 13.3 Å². The molecule has 0 aliphatic carbocycles. The fraction of sp³-hybridized carbons (Fsp3) is 0.643. The lowest BCUT2D eigenvalue weighted by atomic mass is 9.83. The molecule has 5 nitrogen and oxygen atoms in total. The highest BCUT2D eigenvalue weighted by Crippen LogP contribution is 2.39. The van der Waals surface area contributed by atoms with Crippen LogP contribution in [0.5, 0.6) is 0 Å². The van der Waals surface area contributed by atoms with Crippen molar-refractivity contribution in [2.45, 2.75) is 44.9 Å². The van der Waals surface area contributed by atoms with Crippen LogP contribution in [-0.2, 0) is 14.8 Å². The number of thiophene rings is 1. The minimum atomic E-state index is -3.59. The maximum Gasteiger partial charge on any atom is 0.311 e. The minimum Gasteiger partial charge on any atom is -0.481 e. The first kappa shape index (κ1) is 16.5. The molecule has 21 heavy (non-hydrogen) atoms. The number of hydrogen-bond donors (Lipinski definition) is 1. The molecule has 0 amide bonds.